The van der Waals surface area contributed by atoms with Crippen molar-refractivity contribution in [2.24, 2.45) is 0 Å². The van der Waals surface area contributed by atoms with Crippen molar-refractivity contribution in [1.29, 1.82) is 0 Å². The summed E-state index contributed by atoms with van der Waals surface area (Å²) in [5, 5.41) is 0.904. The molecule has 1 aromatic rings. The van der Waals surface area contributed by atoms with Crippen molar-refractivity contribution in [3.8, 4) is 0 Å². The maximum absolute atomic E-state index is 6.14. The highest BCUT2D eigenvalue weighted by Gasteiger charge is 1.99. The summed E-state index contributed by atoms with van der Waals surface area (Å²) in [5.41, 5.74) is 2.49. The molecular weight excluding hydrogens is 208 g/mol. The molecule has 0 radical (unpaired) electrons. The van der Waals surface area contributed by atoms with Crippen LogP contribution in [0.2, 0.25) is 5.02 Å². The summed E-state index contributed by atoms with van der Waals surface area (Å²) in [4.78, 5) is 0. The number of benzene rings is 1. The molecule has 0 aliphatic heterocycles. The van der Waals surface area contributed by atoms with Gasteiger partial charge in [-0.25, -0.2) is 0 Å². The lowest BCUT2D eigenvalue weighted by atomic mass is 10.1. The topological polar surface area (TPSA) is 9.23 Å². The number of halogens is 1. The van der Waals surface area contributed by atoms with Gasteiger partial charge >= 0.3 is 0 Å². The molecule has 15 heavy (non-hydrogen) atoms. The van der Waals surface area contributed by atoms with Gasteiger partial charge in [-0.05, 0) is 43.4 Å². The minimum absolute atomic E-state index is 0.863. The Morgan fingerprint density at radius 2 is 2.00 bits per heavy atom. The fourth-order valence-corrected chi connectivity index (χ4v) is 1.92. The normalized spacial score (nSPS) is 10.6. The molecule has 1 aromatic carbocycles. The zero-order valence-electron chi connectivity index (χ0n) is 9.55. The monoisotopic (exact) mass is 226 g/mol. The van der Waals surface area contributed by atoms with Crippen LogP contribution in [0.5, 0.6) is 0 Å². The van der Waals surface area contributed by atoms with Crippen molar-refractivity contribution in [3.63, 3.8) is 0 Å². The summed E-state index contributed by atoms with van der Waals surface area (Å²) in [6.45, 7) is 2.93. The van der Waals surface area contributed by atoms with Crippen molar-refractivity contribution in [1.82, 2.24) is 0 Å². The molecule has 0 spiro atoms. The minimum atomic E-state index is 0.863. The predicted molar refractivity (Wildman–Crippen MR) is 65.6 cm³/mol. The first-order chi connectivity index (χ1) is 7.24. The second-order valence-electron chi connectivity index (χ2n) is 3.90. The highest BCUT2D eigenvalue weighted by atomic mass is 35.5. The Morgan fingerprint density at radius 1 is 1.20 bits per heavy atom. The molecule has 0 aromatic heterocycles. The standard InChI is InChI=1S/C13H19ClO/c1-11-7-8-12(13(14)10-11)6-4-3-5-9-15-2/h7-8,10H,3-6,9H2,1-2H3. The third-order valence-electron chi connectivity index (χ3n) is 2.50. The average Bonchev–Trinajstić information content (AvgIpc) is 2.20. The molecule has 0 heterocycles. The molecule has 0 aliphatic rings. The molecule has 1 rings (SSSR count). The third-order valence-corrected chi connectivity index (χ3v) is 2.85. The smallest absolute Gasteiger partial charge is 0.0462 e. The molecule has 0 fully saturated rings. The Balaban J connectivity index is 2.31. The summed E-state index contributed by atoms with van der Waals surface area (Å²) in [7, 11) is 1.75. The second-order valence-corrected chi connectivity index (χ2v) is 4.31. The van der Waals surface area contributed by atoms with Gasteiger partial charge < -0.3 is 4.74 Å². The molecule has 0 saturated carbocycles. The van der Waals surface area contributed by atoms with Gasteiger partial charge in [0, 0.05) is 18.7 Å². The SMILES string of the molecule is COCCCCCc1ccc(C)cc1Cl. The zero-order chi connectivity index (χ0) is 11.1. The Hall–Kier alpha value is -0.530. The van der Waals surface area contributed by atoms with Crippen LogP contribution in [0.15, 0.2) is 18.2 Å². The molecule has 0 atom stereocenters. The van der Waals surface area contributed by atoms with Gasteiger partial charge in [0.05, 0.1) is 0 Å². The van der Waals surface area contributed by atoms with E-state index in [9.17, 15) is 0 Å². The quantitative estimate of drug-likeness (QED) is 0.666. The van der Waals surface area contributed by atoms with E-state index < -0.39 is 0 Å². The van der Waals surface area contributed by atoms with Gasteiger partial charge in [-0.1, -0.05) is 30.2 Å². The number of hydrogen-bond donors (Lipinski definition) is 0. The summed E-state index contributed by atoms with van der Waals surface area (Å²) < 4.78 is 5.01. The van der Waals surface area contributed by atoms with Crippen LogP contribution in [-0.4, -0.2) is 13.7 Å². The molecule has 1 nitrogen and oxygen atoms in total. The van der Waals surface area contributed by atoms with E-state index >= 15 is 0 Å². The lowest BCUT2D eigenvalue weighted by molar-refractivity contribution is 0.192. The maximum atomic E-state index is 6.14. The lowest BCUT2D eigenvalue weighted by Crippen LogP contribution is -1.91. The molecule has 0 aliphatic carbocycles. The number of methoxy groups -OCH3 is 1. The van der Waals surface area contributed by atoms with E-state index in [0.29, 0.717) is 0 Å². The van der Waals surface area contributed by atoms with Gasteiger partial charge in [-0.3, -0.25) is 0 Å². The van der Waals surface area contributed by atoms with Gasteiger partial charge in [-0.15, -0.1) is 0 Å². The van der Waals surface area contributed by atoms with E-state index in [2.05, 4.69) is 19.1 Å². The summed E-state index contributed by atoms with van der Waals surface area (Å²) >= 11 is 6.14. The largest absolute Gasteiger partial charge is 0.385 e. The molecular formula is C13H19ClO. The first-order valence-corrected chi connectivity index (χ1v) is 5.86. The first kappa shape index (κ1) is 12.5. The van der Waals surface area contributed by atoms with Gasteiger partial charge in [0.25, 0.3) is 0 Å². The summed E-state index contributed by atoms with van der Waals surface area (Å²) in [6, 6.07) is 6.29. The van der Waals surface area contributed by atoms with Crippen LogP contribution in [0.3, 0.4) is 0 Å². The van der Waals surface area contributed by atoms with Crippen molar-refractivity contribution in [3.05, 3.63) is 34.3 Å². The van der Waals surface area contributed by atoms with Crippen LogP contribution in [0.1, 0.15) is 30.4 Å². The fourth-order valence-electron chi connectivity index (χ4n) is 1.59. The van der Waals surface area contributed by atoms with Crippen molar-refractivity contribution >= 4 is 11.6 Å². The highest BCUT2D eigenvalue weighted by molar-refractivity contribution is 6.31. The van der Waals surface area contributed by atoms with Crippen molar-refractivity contribution in [2.45, 2.75) is 32.6 Å². The number of unbranched alkanes of at least 4 members (excludes halogenated alkanes) is 2. The van der Waals surface area contributed by atoms with Gasteiger partial charge in [0.2, 0.25) is 0 Å². The van der Waals surface area contributed by atoms with Crippen LogP contribution in [0.4, 0.5) is 0 Å². The van der Waals surface area contributed by atoms with Crippen LogP contribution >= 0.6 is 11.6 Å². The molecule has 0 saturated heterocycles. The van der Waals surface area contributed by atoms with Gasteiger partial charge in [0.1, 0.15) is 0 Å². The van der Waals surface area contributed by atoms with Crippen LogP contribution in [-0.2, 0) is 11.2 Å². The van der Waals surface area contributed by atoms with E-state index in [-0.39, 0.29) is 0 Å². The van der Waals surface area contributed by atoms with Crippen molar-refractivity contribution in [2.75, 3.05) is 13.7 Å². The van der Waals surface area contributed by atoms with Crippen LogP contribution in [0, 0.1) is 6.92 Å². The van der Waals surface area contributed by atoms with Crippen molar-refractivity contribution < 1.29 is 4.74 Å². The minimum Gasteiger partial charge on any atom is -0.385 e. The number of hydrogen-bond acceptors (Lipinski definition) is 1. The van der Waals surface area contributed by atoms with E-state index in [4.69, 9.17) is 16.3 Å². The fraction of sp³-hybridized carbons (Fsp3) is 0.538. The second kappa shape index (κ2) is 6.86. The predicted octanol–water partition coefficient (Wildman–Crippen LogP) is 4.01. The maximum Gasteiger partial charge on any atom is 0.0462 e. The number of aryl methyl sites for hydroxylation is 2. The Bertz CT molecular complexity index is 297. The molecule has 0 unspecified atom stereocenters. The number of rotatable bonds is 6. The average molecular weight is 227 g/mol. The van der Waals surface area contributed by atoms with E-state index in [1.165, 1.54) is 24.0 Å². The lowest BCUT2D eigenvalue weighted by Gasteiger charge is -2.05. The van der Waals surface area contributed by atoms with Gasteiger partial charge in [-0.2, -0.15) is 0 Å². The molecule has 84 valence electrons. The first-order valence-electron chi connectivity index (χ1n) is 5.48. The van der Waals surface area contributed by atoms with Crippen LogP contribution in [0.25, 0.3) is 0 Å². The number of ether oxygens (including phenoxy) is 1. The Labute approximate surface area is 97.4 Å². The van der Waals surface area contributed by atoms with E-state index in [1.54, 1.807) is 7.11 Å². The third kappa shape index (κ3) is 4.67. The molecule has 0 amide bonds. The van der Waals surface area contributed by atoms with Crippen LogP contribution < -0.4 is 0 Å². The Morgan fingerprint density at radius 3 is 2.67 bits per heavy atom. The van der Waals surface area contributed by atoms with Gasteiger partial charge in [0.15, 0.2) is 0 Å². The van der Waals surface area contributed by atoms with E-state index in [0.717, 1.165) is 24.5 Å². The summed E-state index contributed by atoms with van der Waals surface area (Å²) in [6.07, 6.45) is 4.60. The molecule has 0 bridgehead atoms. The molecule has 2 heteroatoms. The highest BCUT2D eigenvalue weighted by Crippen LogP contribution is 2.19. The van der Waals surface area contributed by atoms with E-state index in [1.807, 2.05) is 6.07 Å². The summed E-state index contributed by atoms with van der Waals surface area (Å²) in [5.74, 6) is 0. The molecule has 0 N–H and O–H groups in total. The Kier molecular flexibility index (Phi) is 5.74. The zero-order valence-corrected chi connectivity index (χ0v) is 10.3.